The first-order chi connectivity index (χ1) is 12.4. The van der Waals surface area contributed by atoms with E-state index in [9.17, 15) is 13.2 Å². The summed E-state index contributed by atoms with van der Waals surface area (Å²) in [5.74, 6) is 0.961. The Morgan fingerprint density at radius 2 is 1.77 bits per heavy atom. The molecule has 0 fully saturated rings. The van der Waals surface area contributed by atoms with Crippen molar-refractivity contribution in [3.05, 3.63) is 53.9 Å². The number of hydrogen-bond acceptors (Lipinski definition) is 4. The smallest absolute Gasteiger partial charge is 0.494 e. The van der Waals surface area contributed by atoms with E-state index in [0.717, 1.165) is 5.52 Å². The van der Waals surface area contributed by atoms with E-state index < -0.39 is 12.5 Å². The molecule has 0 aliphatic heterocycles. The van der Waals surface area contributed by atoms with E-state index in [2.05, 4.69) is 14.7 Å². The Morgan fingerprint density at radius 3 is 2.38 bits per heavy atom. The number of alkyl halides is 3. The maximum atomic E-state index is 12.3. The van der Waals surface area contributed by atoms with Gasteiger partial charge in [0, 0.05) is 13.2 Å². The SMILES string of the molecule is CCOc1ccc2[nH]c(C(OC)c3ccc(OC(F)(F)F)cc3)nc2c1. The Balaban J connectivity index is 1.87. The molecule has 1 N–H and O–H groups in total. The topological polar surface area (TPSA) is 56.4 Å². The lowest BCUT2D eigenvalue weighted by Gasteiger charge is -2.14. The molecule has 8 heteroatoms. The highest BCUT2D eigenvalue weighted by atomic mass is 19.4. The van der Waals surface area contributed by atoms with E-state index >= 15 is 0 Å². The van der Waals surface area contributed by atoms with E-state index in [1.165, 1.54) is 31.4 Å². The van der Waals surface area contributed by atoms with Crippen LogP contribution in [0.4, 0.5) is 13.2 Å². The number of methoxy groups -OCH3 is 1. The van der Waals surface area contributed by atoms with Crippen molar-refractivity contribution in [1.29, 1.82) is 0 Å². The van der Waals surface area contributed by atoms with E-state index in [4.69, 9.17) is 9.47 Å². The van der Waals surface area contributed by atoms with Crippen molar-refractivity contribution in [3.63, 3.8) is 0 Å². The zero-order valence-electron chi connectivity index (χ0n) is 14.1. The van der Waals surface area contributed by atoms with Gasteiger partial charge in [0.1, 0.15) is 23.4 Å². The van der Waals surface area contributed by atoms with E-state index in [1.807, 2.05) is 25.1 Å². The molecular weight excluding hydrogens is 349 g/mol. The molecule has 1 heterocycles. The fourth-order valence-corrected chi connectivity index (χ4v) is 2.64. The van der Waals surface area contributed by atoms with Crippen LogP contribution in [-0.4, -0.2) is 30.0 Å². The summed E-state index contributed by atoms with van der Waals surface area (Å²) in [6, 6.07) is 11.0. The lowest BCUT2D eigenvalue weighted by atomic mass is 10.1. The molecule has 0 saturated heterocycles. The van der Waals surface area contributed by atoms with Gasteiger partial charge in [-0.15, -0.1) is 13.2 Å². The molecule has 0 saturated carbocycles. The van der Waals surface area contributed by atoms with Crippen LogP contribution < -0.4 is 9.47 Å². The first-order valence-electron chi connectivity index (χ1n) is 7.90. The molecule has 1 aromatic heterocycles. The number of aromatic amines is 1. The number of rotatable bonds is 6. The van der Waals surface area contributed by atoms with Gasteiger partial charge in [-0.25, -0.2) is 4.98 Å². The van der Waals surface area contributed by atoms with Crippen molar-refractivity contribution in [1.82, 2.24) is 9.97 Å². The second kappa shape index (κ2) is 7.25. The number of ether oxygens (including phenoxy) is 3. The second-order valence-electron chi connectivity index (χ2n) is 5.47. The maximum absolute atomic E-state index is 12.3. The molecular formula is C18H17F3N2O3. The summed E-state index contributed by atoms with van der Waals surface area (Å²) in [5.41, 5.74) is 2.17. The van der Waals surface area contributed by atoms with Crippen LogP contribution in [0.1, 0.15) is 24.4 Å². The number of nitrogens with zero attached hydrogens (tertiary/aromatic N) is 1. The van der Waals surface area contributed by atoms with Gasteiger partial charge in [-0.2, -0.15) is 0 Å². The van der Waals surface area contributed by atoms with E-state index in [1.54, 1.807) is 0 Å². The van der Waals surface area contributed by atoms with Crippen LogP contribution in [0.3, 0.4) is 0 Å². The Morgan fingerprint density at radius 1 is 1.08 bits per heavy atom. The molecule has 138 valence electrons. The highest BCUT2D eigenvalue weighted by Crippen LogP contribution is 2.29. The molecule has 0 radical (unpaired) electrons. The fraction of sp³-hybridized carbons (Fsp3) is 0.278. The summed E-state index contributed by atoms with van der Waals surface area (Å²) in [4.78, 5) is 7.68. The Bertz CT molecular complexity index is 876. The van der Waals surface area contributed by atoms with Gasteiger partial charge in [-0.1, -0.05) is 12.1 Å². The summed E-state index contributed by atoms with van der Waals surface area (Å²) in [6.07, 6.45) is -5.28. The first kappa shape index (κ1) is 18.1. The third-order valence-electron chi connectivity index (χ3n) is 3.68. The predicted octanol–water partition coefficient (Wildman–Crippen LogP) is 4.60. The summed E-state index contributed by atoms with van der Waals surface area (Å²) < 4.78 is 51.6. The van der Waals surface area contributed by atoms with Crippen LogP contribution in [0.25, 0.3) is 11.0 Å². The second-order valence-corrected chi connectivity index (χ2v) is 5.47. The quantitative estimate of drug-likeness (QED) is 0.693. The Hall–Kier alpha value is -2.74. The highest BCUT2D eigenvalue weighted by molar-refractivity contribution is 5.77. The number of halogens is 3. The molecule has 2 aromatic carbocycles. The van der Waals surface area contributed by atoms with Crippen LogP contribution in [0.2, 0.25) is 0 Å². The van der Waals surface area contributed by atoms with Gasteiger partial charge in [0.05, 0.1) is 17.6 Å². The van der Waals surface area contributed by atoms with Gasteiger partial charge < -0.3 is 19.2 Å². The average molecular weight is 366 g/mol. The van der Waals surface area contributed by atoms with Gasteiger partial charge in [0.2, 0.25) is 0 Å². The number of hydrogen-bond donors (Lipinski definition) is 1. The van der Waals surface area contributed by atoms with Crippen molar-refractivity contribution < 1.29 is 27.4 Å². The number of fused-ring (bicyclic) bond motifs is 1. The maximum Gasteiger partial charge on any atom is 0.573 e. The lowest BCUT2D eigenvalue weighted by Crippen LogP contribution is -2.17. The van der Waals surface area contributed by atoms with Crippen LogP contribution in [0, 0.1) is 0 Å². The van der Waals surface area contributed by atoms with Crippen LogP contribution in [0.5, 0.6) is 11.5 Å². The normalized spacial score (nSPS) is 13.0. The molecule has 0 aliphatic carbocycles. The summed E-state index contributed by atoms with van der Waals surface area (Å²) in [6.45, 7) is 2.45. The summed E-state index contributed by atoms with van der Waals surface area (Å²) in [7, 11) is 1.50. The summed E-state index contributed by atoms with van der Waals surface area (Å²) in [5, 5.41) is 0. The fourth-order valence-electron chi connectivity index (χ4n) is 2.64. The predicted molar refractivity (Wildman–Crippen MR) is 89.2 cm³/mol. The molecule has 3 rings (SSSR count). The lowest BCUT2D eigenvalue weighted by molar-refractivity contribution is -0.274. The Labute approximate surface area is 147 Å². The van der Waals surface area contributed by atoms with Crippen molar-refractivity contribution >= 4 is 11.0 Å². The number of H-pyrrole nitrogens is 1. The monoisotopic (exact) mass is 366 g/mol. The minimum Gasteiger partial charge on any atom is -0.494 e. The van der Waals surface area contributed by atoms with Crippen LogP contribution in [-0.2, 0) is 4.74 Å². The molecule has 0 amide bonds. The average Bonchev–Trinajstić information content (AvgIpc) is 2.99. The Kier molecular flexibility index (Phi) is 5.03. The number of benzene rings is 2. The summed E-state index contributed by atoms with van der Waals surface area (Å²) >= 11 is 0. The minimum atomic E-state index is -4.72. The molecule has 0 bridgehead atoms. The molecule has 0 aliphatic rings. The largest absolute Gasteiger partial charge is 0.573 e. The molecule has 3 aromatic rings. The first-order valence-corrected chi connectivity index (χ1v) is 7.90. The van der Waals surface area contributed by atoms with Crippen LogP contribution in [0.15, 0.2) is 42.5 Å². The van der Waals surface area contributed by atoms with Crippen molar-refractivity contribution in [2.45, 2.75) is 19.4 Å². The van der Waals surface area contributed by atoms with Gasteiger partial charge in [-0.05, 0) is 36.8 Å². The van der Waals surface area contributed by atoms with E-state index in [-0.39, 0.29) is 5.75 Å². The standard InChI is InChI=1S/C18H17F3N2O3/c1-3-25-13-8-9-14-15(10-13)23-17(22-14)16(24-2)11-4-6-12(7-5-11)26-18(19,20)21/h4-10,16H,3H2,1-2H3,(H,22,23). The highest BCUT2D eigenvalue weighted by Gasteiger charge is 2.31. The third kappa shape index (κ3) is 4.08. The van der Waals surface area contributed by atoms with Crippen molar-refractivity contribution in [3.8, 4) is 11.5 Å². The number of imidazole rings is 1. The molecule has 1 unspecified atom stereocenters. The minimum absolute atomic E-state index is 0.290. The number of nitrogens with one attached hydrogen (secondary N) is 1. The van der Waals surface area contributed by atoms with E-state index in [0.29, 0.717) is 29.3 Å². The zero-order valence-corrected chi connectivity index (χ0v) is 14.1. The number of aromatic nitrogens is 2. The molecule has 26 heavy (non-hydrogen) atoms. The molecule has 0 spiro atoms. The van der Waals surface area contributed by atoms with Crippen molar-refractivity contribution in [2.75, 3.05) is 13.7 Å². The zero-order chi connectivity index (χ0) is 18.7. The van der Waals surface area contributed by atoms with Gasteiger partial charge >= 0.3 is 6.36 Å². The van der Waals surface area contributed by atoms with Gasteiger partial charge in [0.15, 0.2) is 0 Å². The van der Waals surface area contributed by atoms with Crippen molar-refractivity contribution in [2.24, 2.45) is 0 Å². The third-order valence-corrected chi connectivity index (χ3v) is 3.68. The van der Waals surface area contributed by atoms with Gasteiger partial charge in [0.25, 0.3) is 0 Å². The van der Waals surface area contributed by atoms with Crippen LogP contribution >= 0.6 is 0 Å². The van der Waals surface area contributed by atoms with Gasteiger partial charge in [-0.3, -0.25) is 0 Å². The molecule has 1 atom stereocenters. The molecule has 5 nitrogen and oxygen atoms in total.